The summed E-state index contributed by atoms with van der Waals surface area (Å²) in [7, 11) is 0. The Morgan fingerprint density at radius 1 is 0.0859 bits per heavy atom. The van der Waals surface area contributed by atoms with Gasteiger partial charge in [-0.1, -0.05) is 388 Å². The molecule has 602 valence electrons. The van der Waals surface area contributed by atoms with Crippen molar-refractivity contribution in [1.82, 2.24) is 0 Å². The molecule has 0 unspecified atom stereocenters. The first-order valence-electron chi connectivity index (χ1n) is 43.8. The van der Waals surface area contributed by atoms with Crippen LogP contribution >= 0.6 is 0 Å². The number of benzene rings is 21. The molecule has 0 saturated heterocycles. The van der Waals surface area contributed by atoms with Crippen LogP contribution < -0.4 is 11.5 Å². The van der Waals surface area contributed by atoms with Crippen molar-refractivity contribution in [2.24, 2.45) is 0 Å². The predicted molar refractivity (Wildman–Crippen MR) is 544 cm³/mol. The van der Waals surface area contributed by atoms with Crippen molar-refractivity contribution in [2.75, 3.05) is 11.5 Å². The van der Waals surface area contributed by atoms with Crippen LogP contribution in [0, 0.1) is 0 Å². The van der Waals surface area contributed by atoms with Crippen molar-refractivity contribution in [3.8, 4) is 223 Å². The first-order chi connectivity index (χ1) is 63.2. The summed E-state index contributed by atoms with van der Waals surface area (Å²) in [5, 5.41) is 0. The molecular weight excluding hydrogens is 1540 g/mol. The highest BCUT2D eigenvalue weighted by atomic mass is 14.5. The summed E-state index contributed by atoms with van der Waals surface area (Å²) in [6.07, 6.45) is 0. The Morgan fingerprint density at radius 2 is 0.195 bits per heavy atom. The third-order valence-electron chi connectivity index (χ3n) is 24.9. The standard InChI is InChI=1S/C126H88N2/c127-119-65-61-98(62-66-119)118-83-121(99-51-41-93(42-52-99)113-73-105(85-25-9-1-10-26-85)69-106(74-113)86-27-11-2-12-28-86)125(122(84-118)100-53-43-94(44-54-100)114-75-107(87-29-13-3-14-30-87)70-108(76-114)88-31-15-4-16-32-88)103-59-49-97(50-60-103)117-81-123(101-55-45-95(46-56-101)115-77-109(89-33-17-5-18-34-89)71-110(78-115)90-35-19-6-20-36-90)126(104-63-67-120(128)68-64-104)124(82-117)102-57-47-96(48-58-102)116-79-111(91-37-21-7-22-38-91)72-112(80-116)92-39-23-8-24-40-92/h1-84H,127-128H2. The summed E-state index contributed by atoms with van der Waals surface area (Å²) in [6, 6.07) is 186. The molecule has 0 bridgehead atoms. The first kappa shape index (κ1) is 78.5. The molecule has 0 aliphatic carbocycles. The van der Waals surface area contributed by atoms with Crippen LogP contribution in [-0.2, 0) is 0 Å². The number of hydrogen-bond donors (Lipinski definition) is 2. The molecule has 2 heteroatoms. The second kappa shape index (κ2) is 35.2. The van der Waals surface area contributed by atoms with Gasteiger partial charge in [0.15, 0.2) is 0 Å². The number of anilines is 2. The second-order valence-corrected chi connectivity index (χ2v) is 33.1. The zero-order valence-electron chi connectivity index (χ0n) is 70.7. The molecule has 4 N–H and O–H groups in total. The molecule has 0 heterocycles. The minimum absolute atomic E-state index is 0.701. The second-order valence-electron chi connectivity index (χ2n) is 33.1. The summed E-state index contributed by atoms with van der Waals surface area (Å²) in [5.74, 6) is 0. The van der Waals surface area contributed by atoms with Crippen LogP contribution in [0.5, 0.6) is 0 Å². The molecule has 0 amide bonds. The van der Waals surface area contributed by atoms with E-state index in [1.165, 1.54) is 44.5 Å². The van der Waals surface area contributed by atoms with Gasteiger partial charge in [0, 0.05) is 11.4 Å². The maximum Gasteiger partial charge on any atom is 0.0314 e. The fourth-order valence-electron chi connectivity index (χ4n) is 18.2. The van der Waals surface area contributed by atoms with Crippen LogP contribution in [0.4, 0.5) is 11.4 Å². The van der Waals surface area contributed by atoms with Gasteiger partial charge in [-0.25, -0.2) is 0 Å². The van der Waals surface area contributed by atoms with E-state index in [-0.39, 0.29) is 0 Å². The largest absolute Gasteiger partial charge is 0.399 e. The zero-order valence-corrected chi connectivity index (χ0v) is 70.7. The molecular formula is C126H88N2. The molecule has 0 radical (unpaired) electrons. The maximum absolute atomic E-state index is 6.65. The van der Waals surface area contributed by atoms with Crippen LogP contribution in [0.15, 0.2) is 510 Å². The lowest BCUT2D eigenvalue weighted by Gasteiger charge is -2.21. The Kier molecular flexibility index (Phi) is 21.6. The van der Waals surface area contributed by atoms with E-state index >= 15 is 0 Å². The molecule has 2 nitrogen and oxygen atoms in total. The highest BCUT2D eigenvalue weighted by molar-refractivity contribution is 6.02. The van der Waals surface area contributed by atoms with Crippen molar-refractivity contribution in [1.29, 1.82) is 0 Å². The van der Waals surface area contributed by atoms with Gasteiger partial charge in [-0.2, -0.15) is 0 Å². The Labute approximate surface area is 749 Å². The first-order valence-corrected chi connectivity index (χ1v) is 43.8. The van der Waals surface area contributed by atoms with Gasteiger partial charge in [0.05, 0.1) is 0 Å². The third-order valence-corrected chi connectivity index (χ3v) is 24.9. The van der Waals surface area contributed by atoms with E-state index in [0.717, 1.165) is 178 Å². The van der Waals surface area contributed by atoms with Crippen LogP contribution in [0.1, 0.15) is 0 Å². The lowest BCUT2D eigenvalue weighted by atomic mass is 9.82. The van der Waals surface area contributed by atoms with Crippen molar-refractivity contribution < 1.29 is 0 Å². The van der Waals surface area contributed by atoms with E-state index in [0.29, 0.717) is 11.4 Å². The lowest BCUT2D eigenvalue weighted by molar-refractivity contribution is 1.52. The average Bonchev–Trinajstić information content (AvgIpc) is 0.752. The molecule has 0 aliphatic rings. The Hall–Kier alpha value is -16.8. The minimum atomic E-state index is 0.701. The average molecular weight is 1630 g/mol. The van der Waals surface area contributed by atoms with E-state index in [4.69, 9.17) is 11.5 Å². The molecule has 0 aliphatic heterocycles. The van der Waals surface area contributed by atoms with Gasteiger partial charge >= 0.3 is 0 Å². The van der Waals surface area contributed by atoms with Gasteiger partial charge in [0.1, 0.15) is 0 Å². The topological polar surface area (TPSA) is 52.0 Å². The van der Waals surface area contributed by atoms with Gasteiger partial charge in [-0.05, 0) is 344 Å². The number of hydrogen-bond acceptors (Lipinski definition) is 2. The number of nitrogens with two attached hydrogens (primary N) is 2. The van der Waals surface area contributed by atoms with E-state index < -0.39 is 0 Å². The van der Waals surface area contributed by atoms with Gasteiger partial charge in [0.2, 0.25) is 0 Å². The molecule has 0 atom stereocenters. The fraction of sp³-hybridized carbons (Fsp3) is 0. The van der Waals surface area contributed by atoms with Gasteiger partial charge in [-0.15, -0.1) is 0 Å². The van der Waals surface area contributed by atoms with Crippen molar-refractivity contribution in [2.45, 2.75) is 0 Å². The molecule has 21 aromatic carbocycles. The summed E-state index contributed by atoms with van der Waals surface area (Å²) in [6.45, 7) is 0. The molecule has 21 rings (SSSR count). The monoisotopic (exact) mass is 1630 g/mol. The fourth-order valence-corrected chi connectivity index (χ4v) is 18.2. The van der Waals surface area contributed by atoms with Crippen LogP contribution in [0.25, 0.3) is 223 Å². The van der Waals surface area contributed by atoms with Gasteiger partial charge < -0.3 is 11.5 Å². The predicted octanol–water partition coefficient (Wildman–Crippen LogP) is 34.2. The minimum Gasteiger partial charge on any atom is -0.399 e. The summed E-state index contributed by atoms with van der Waals surface area (Å²) in [5.41, 5.74) is 59.7. The van der Waals surface area contributed by atoms with Gasteiger partial charge in [-0.3, -0.25) is 0 Å². The van der Waals surface area contributed by atoms with E-state index in [2.05, 4.69) is 485 Å². The SMILES string of the molecule is Nc1ccc(-c2cc(-c3ccc(-c4cc(-c5ccccc5)cc(-c5ccccc5)c4)cc3)c(-c3ccc(-c4cc(-c5ccc(-c6cc(-c7ccccc7)cc(-c7ccccc7)c6)cc5)c(-c5ccc(N)cc5)c(-c5ccc(-c6cc(-c7ccccc7)cc(-c7ccccc7)c6)cc5)c4)cc3)c(-c3ccc(-c4cc(-c5ccccc5)cc(-c5ccccc5)c4)cc3)c2)cc1. The third kappa shape index (κ3) is 16.6. The van der Waals surface area contributed by atoms with E-state index in [1.807, 2.05) is 24.3 Å². The molecule has 0 saturated carbocycles. The molecule has 128 heavy (non-hydrogen) atoms. The van der Waals surface area contributed by atoms with Crippen molar-refractivity contribution in [3.63, 3.8) is 0 Å². The zero-order chi connectivity index (χ0) is 85.6. The highest BCUT2D eigenvalue weighted by Crippen LogP contribution is 2.50. The summed E-state index contributed by atoms with van der Waals surface area (Å²) < 4.78 is 0. The van der Waals surface area contributed by atoms with E-state index in [1.54, 1.807) is 0 Å². The van der Waals surface area contributed by atoms with Crippen LogP contribution in [-0.4, -0.2) is 0 Å². The molecule has 0 spiro atoms. The quantitative estimate of drug-likeness (QED) is 0.0747. The summed E-state index contributed by atoms with van der Waals surface area (Å²) >= 11 is 0. The normalized spacial score (nSPS) is 11.2. The van der Waals surface area contributed by atoms with E-state index in [9.17, 15) is 0 Å². The Morgan fingerprint density at radius 3 is 0.352 bits per heavy atom. The lowest BCUT2D eigenvalue weighted by Crippen LogP contribution is -1.95. The smallest absolute Gasteiger partial charge is 0.0314 e. The number of rotatable bonds is 20. The molecule has 21 aromatic rings. The molecule has 0 aromatic heterocycles. The van der Waals surface area contributed by atoms with Crippen LogP contribution in [0.3, 0.4) is 0 Å². The Balaban J connectivity index is 0.746. The van der Waals surface area contributed by atoms with Gasteiger partial charge in [0.25, 0.3) is 0 Å². The number of nitrogen functional groups attached to an aromatic ring is 2. The van der Waals surface area contributed by atoms with Crippen molar-refractivity contribution >= 4 is 11.4 Å². The Bertz CT molecular complexity index is 6900. The van der Waals surface area contributed by atoms with Crippen molar-refractivity contribution in [3.05, 3.63) is 510 Å². The van der Waals surface area contributed by atoms with Crippen LogP contribution in [0.2, 0.25) is 0 Å². The maximum atomic E-state index is 6.65. The highest BCUT2D eigenvalue weighted by Gasteiger charge is 2.24. The summed E-state index contributed by atoms with van der Waals surface area (Å²) in [4.78, 5) is 0. The molecule has 0 fully saturated rings.